The van der Waals surface area contributed by atoms with Gasteiger partial charge in [-0.15, -0.1) is 5.54 Å². The highest BCUT2D eigenvalue weighted by Crippen LogP contribution is 2.31. The summed E-state index contributed by atoms with van der Waals surface area (Å²) in [6, 6.07) is 6.04. The predicted molar refractivity (Wildman–Crippen MR) is 115 cm³/mol. The van der Waals surface area contributed by atoms with E-state index in [9.17, 15) is 9.59 Å². The lowest BCUT2D eigenvalue weighted by Gasteiger charge is -2.27. The van der Waals surface area contributed by atoms with Crippen LogP contribution in [0.2, 0.25) is 19.6 Å². The molecule has 0 bridgehead atoms. The first-order chi connectivity index (χ1) is 13.2. The van der Waals surface area contributed by atoms with E-state index >= 15 is 0 Å². The van der Waals surface area contributed by atoms with E-state index in [0.717, 1.165) is 42.3 Å². The molecule has 5 nitrogen and oxygen atoms in total. The van der Waals surface area contributed by atoms with Crippen molar-refractivity contribution in [2.75, 3.05) is 7.11 Å². The second-order valence-corrected chi connectivity index (χ2v) is 13.6. The molecule has 1 aromatic heterocycles. The van der Waals surface area contributed by atoms with Crippen molar-refractivity contribution in [3.8, 4) is 11.5 Å². The number of benzene rings is 1. The van der Waals surface area contributed by atoms with Crippen molar-refractivity contribution >= 4 is 25.1 Å². The number of imidazole rings is 1. The van der Waals surface area contributed by atoms with Gasteiger partial charge in [-0.3, -0.25) is 13.9 Å². The Morgan fingerprint density at radius 3 is 2.46 bits per heavy atom. The van der Waals surface area contributed by atoms with Gasteiger partial charge in [0.2, 0.25) is 0 Å². The monoisotopic (exact) mass is 398 g/mol. The maximum absolute atomic E-state index is 12.8. The third-order valence-corrected chi connectivity index (χ3v) is 6.42. The molecule has 3 rings (SSSR count). The van der Waals surface area contributed by atoms with E-state index in [2.05, 4.69) is 31.1 Å². The van der Waals surface area contributed by atoms with E-state index in [1.54, 1.807) is 4.57 Å². The largest absolute Gasteiger partial charge is 0.469 e. The number of fused-ring (bicyclic) bond motifs is 1. The normalized spacial score (nSPS) is 19.9. The first kappa shape index (κ1) is 20.5. The molecule has 0 spiro atoms. The Kier molecular flexibility index (Phi) is 5.85. The lowest BCUT2D eigenvalue weighted by atomic mass is 9.82. The number of aromatic nitrogens is 2. The Morgan fingerprint density at radius 1 is 1.18 bits per heavy atom. The van der Waals surface area contributed by atoms with Crippen molar-refractivity contribution in [2.45, 2.75) is 51.9 Å². The first-order valence-electron chi connectivity index (χ1n) is 10.00. The minimum atomic E-state index is -1.45. The minimum absolute atomic E-state index is 0.00827. The van der Waals surface area contributed by atoms with Crippen LogP contribution in [0, 0.1) is 23.3 Å². The van der Waals surface area contributed by atoms with Gasteiger partial charge in [-0.1, -0.05) is 25.6 Å². The summed E-state index contributed by atoms with van der Waals surface area (Å²) in [7, 11) is 1.82. The molecular formula is C22H30N2O3Si. The topological polar surface area (TPSA) is 53.2 Å². The van der Waals surface area contributed by atoms with Crippen molar-refractivity contribution in [3.05, 3.63) is 34.2 Å². The van der Waals surface area contributed by atoms with Crippen LogP contribution in [-0.4, -0.2) is 30.3 Å². The Morgan fingerprint density at radius 2 is 1.86 bits per heavy atom. The molecule has 0 saturated heterocycles. The Labute approximate surface area is 167 Å². The molecule has 2 aromatic rings. The minimum Gasteiger partial charge on any atom is -0.469 e. The SMILES string of the molecule is COC(=O)C1CCC(Cn2c(=O)n(C)c3ccc(C#C[Si](C)(C)C)cc32)CC1. The van der Waals surface area contributed by atoms with Crippen molar-refractivity contribution in [1.29, 1.82) is 0 Å². The molecule has 0 N–H and O–H groups in total. The van der Waals surface area contributed by atoms with Gasteiger partial charge in [0.05, 0.1) is 24.1 Å². The van der Waals surface area contributed by atoms with E-state index in [4.69, 9.17) is 4.74 Å². The molecule has 0 radical (unpaired) electrons. The van der Waals surface area contributed by atoms with E-state index in [1.165, 1.54) is 7.11 Å². The molecule has 1 aliphatic rings. The lowest BCUT2D eigenvalue weighted by molar-refractivity contribution is -0.146. The molecule has 0 atom stereocenters. The van der Waals surface area contributed by atoms with Crippen LogP contribution in [0.25, 0.3) is 11.0 Å². The summed E-state index contributed by atoms with van der Waals surface area (Å²) in [6.45, 7) is 7.36. The van der Waals surface area contributed by atoms with E-state index < -0.39 is 8.07 Å². The molecule has 150 valence electrons. The van der Waals surface area contributed by atoms with Gasteiger partial charge in [0.25, 0.3) is 0 Å². The highest BCUT2D eigenvalue weighted by Gasteiger charge is 2.27. The fourth-order valence-electron chi connectivity index (χ4n) is 3.93. The third kappa shape index (κ3) is 4.41. The highest BCUT2D eigenvalue weighted by atomic mass is 28.3. The second-order valence-electron chi connectivity index (χ2n) is 8.90. The molecule has 0 aliphatic heterocycles. The number of carbonyl (C=O) groups excluding carboxylic acids is 1. The zero-order chi connectivity index (χ0) is 20.5. The molecule has 28 heavy (non-hydrogen) atoms. The van der Waals surface area contributed by atoms with E-state index in [1.807, 2.05) is 29.8 Å². The van der Waals surface area contributed by atoms with Gasteiger partial charge in [0, 0.05) is 19.2 Å². The number of carbonyl (C=O) groups is 1. The van der Waals surface area contributed by atoms with Crippen LogP contribution in [0.5, 0.6) is 0 Å². The Balaban J connectivity index is 1.86. The molecule has 1 saturated carbocycles. The molecular weight excluding hydrogens is 368 g/mol. The molecule has 0 amide bonds. The average Bonchev–Trinajstić information content (AvgIpc) is 2.90. The Hall–Kier alpha value is -2.26. The molecule has 1 heterocycles. The molecule has 1 fully saturated rings. The van der Waals surface area contributed by atoms with Gasteiger partial charge in [-0.05, 0) is 49.8 Å². The van der Waals surface area contributed by atoms with E-state index in [-0.39, 0.29) is 17.6 Å². The van der Waals surface area contributed by atoms with Crippen LogP contribution in [0.1, 0.15) is 31.2 Å². The third-order valence-electron chi connectivity index (χ3n) is 5.55. The van der Waals surface area contributed by atoms with Crippen molar-refractivity contribution in [1.82, 2.24) is 9.13 Å². The number of nitrogens with zero attached hydrogens (tertiary/aromatic N) is 2. The number of aryl methyl sites for hydroxylation is 1. The van der Waals surface area contributed by atoms with Gasteiger partial charge in [-0.25, -0.2) is 4.79 Å². The fourth-order valence-corrected chi connectivity index (χ4v) is 4.45. The second kappa shape index (κ2) is 8.00. The van der Waals surface area contributed by atoms with Gasteiger partial charge in [-0.2, -0.15) is 0 Å². The molecule has 0 unspecified atom stereocenters. The highest BCUT2D eigenvalue weighted by molar-refractivity contribution is 6.83. The number of methoxy groups -OCH3 is 1. The van der Waals surface area contributed by atoms with Crippen LogP contribution in [0.4, 0.5) is 0 Å². The smallest absolute Gasteiger partial charge is 0.328 e. The van der Waals surface area contributed by atoms with Gasteiger partial charge in [0.1, 0.15) is 8.07 Å². The average molecular weight is 399 g/mol. The van der Waals surface area contributed by atoms with Crippen LogP contribution in [-0.2, 0) is 23.1 Å². The fraction of sp³-hybridized carbons (Fsp3) is 0.545. The quantitative estimate of drug-likeness (QED) is 0.451. The van der Waals surface area contributed by atoms with Crippen LogP contribution >= 0.6 is 0 Å². The maximum Gasteiger partial charge on any atom is 0.328 e. The van der Waals surface area contributed by atoms with Gasteiger partial charge < -0.3 is 4.74 Å². The summed E-state index contributed by atoms with van der Waals surface area (Å²) < 4.78 is 8.48. The summed E-state index contributed by atoms with van der Waals surface area (Å²) in [5.41, 5.74) is 6.26. The van der Waals surface area contributed by atoms with Crippen molar-refractivity contribution in [2.24, 2.45) is 18.9 Å². The van der Waals surface area contributed by atoms with Gasteiger partial charge >= 0.3 is 11.7 Å². The van der Waals surface area contributed by atoms with Crippen LogP contribution in [0.3, 0.4) is 0 Å². The molecule has 1 aliphatic carbocycles. The Bertz CT molecular complexity index is 993. The standard InChI is InChI=1S/C22H30N2O3Si/c1-23-19-11-8-16(12-13-28(3,4)5)14-20(19)24(22(23)26)15-17-6-9-18(10-7-17)21(25)27-2/h8,11,14,17-18H,6-7,9-10,15H2,1-5H3. The lowest BCUT2D eigenvalue weighted by Crippen LogP contribution is -2.29. The number of ether oxygens (including phenoxy) is 1. The summed E-state index contributed by atoms with van der Waals surface area (Å²) >= 11 is 0. The number of hydrogen-bond acceptors (Lipinski definition) is 3. The zero-order valence-corrected chi connectivity index (χ0v) is 18.5. The molecule has 1 aromatic carbocycles. The maximum atomic E-state index is 12.8. The number of hydrogen-bond donors (Lipinski definition) is 0. The number of rotatable bonds is 3. The summed E-state index contributed by atoms with van der Waals surface area (Å²) in [5.74, 6) is 3.60. The van der Waals surface area contributed by atoms with Crippen LogP contribution < -0.4 is 5.69 Å². The summed E-state index contributed by atoms with van der Waals surface area (Å²) in [4.78, 5) is 24.6. The van der Waals surface area contributed by atoms with Gasteiger partial charge in [0.15, 0.2) is 0 Å². The summed E-state index contributed by atoms with van der Waals surface area (Å²) in [5, 5.41) is 0. The summed E-state index contributed by atoms with van der Waals surface area (Å²) in [6.07, 6.45) is 3.56. The first-order valence-corrected chi connectivity index (χ1v) is 13.5. The number of esters is 1. The van der Waals surface area contributed by atoms with E-state index in [0.29, 0.717) is 12.5 Å². The van der Waals surface area contributed by atoms with Crippen LogP contribution in [0.15, 0.2) is 23.0 Å². The zero-order valence-electron chi connectivity index (χ0n) is 17.5. The predicted octanol–water partition coefficient (Wildman–Crippen LogP) is 3.55. The molecule has 6 heteroatoms. The van der Waals surface area contributed by atoms with Crippen molar-refractivity contribution < 1.29 is 9.53 Å². The van der Waals surface area contributed by atoms with Crippen molar-refractivity contribution in [3.63, 3.8) is 0 Å².